The van der Waals surface area contributed by atoms with Crippen LogP contribution in [0.3, 0.4) is 0 Å². The molecule has 0 aliphatic carbocycles. The molecule has 0 saturated heterocycles. The number of hydrogen-bond acceptors (Lipinski definition) is 3. The fourth-order valence-corrected chi connectivity index (χ4v) is 0.159. The highest BCUT2D eigenvalue weighted by Gasteiger charge is 1.77. The Morgan fingerprint density at radius 3 is 2.22 bits per heavy atom. The van der Waals surface area contributed by atoms with Crippen LogP contribution in [0.25, 0.3) is 0 Å². The second kappa shape index (κ2) is 10.2. The second-order valence-electron chi connectivity index (χ2n) is 0.949. The van der Waals surface area contributed by atoms with E-state index < -0.39 is 0 Å². The first-order valence-electron chi connectivity index (χ1n) is 2.83. The van der Waals surface area contributed by atoms with E-state index in [-0.39, 0.29) is 0 Å². The van der Waals surface area contributed by atoms with Crippen LogP contribution in [-0.4, -0.2) is 5.90 Å². The van der Waals surface area contributed by atoms with Gasteiger partial charge in [-0.1, -0.05) is 20.4 Å². The molecule has 0 fully saturated rings. The molecule has 0 aromatic heterocycles. The second-order valence-corrected chi connectivity index (χ2v) is 0.949. The van der Waals surface area contributed by atoms with Crippen LogP contribution >= 0.6 is 0 Å². The van der Waals surface area contributed by atoms with Crippen molar-refractivity contribution in [3.63, 3.8) is 0 Å². The lowest BCUT2D eigenvalue weighted by atomic mass is 10.8. The largest absolute Gasteiger partial charge is 0.396 e. The van der Waals surface area contributed by atoms with Crippen molar-refractivity contribution >= 4 is 5.90 Å². The minimum Gasteiger partial charge on any atom is -0.396 e. The minimum atomic E-state index is 0.412. The van der Waals surface area contributed by atoms with Crippen LogP contribution in [0.1, 0.15) is 20.8 Å². The third-order valence-electron chi connectivity index (χ3n) is 0.444. The van der Waals surface area contributed by atoms with Gasteiger partial charge >= 0.3 is 0 Å². The van der Waals surface area contributed by atoms with E-state index in [1.807, 2.05) is 13.8 Å². The van der Waals surface area contributed by atoms with Gasteiger partial charge in [0.05, 0.1) is 0 Å². The minimum absolute atomic E-state index is 0.412. The van der Waals surface area contributed by atoms with E-state index in [0.29, 0.717) is 5.90 Å². The highest BCUT2D eigenvalue weighted by molar-refractivity contribution is 5.73. The van der Waals surface area contributed by atoms with Crippen LogP contribution in [0.15, 0.2) is 17.8 Å². The molecule has 9 heavy (non-hydrogen) atoms. The maximum absolute atomic E-state index is 4.68. The zero-order valence-electron chi connectivity index (χ0n) is 6.22. The van der Waals surface area contributed by atoms with E-state index in [1.54, 1.807) is 6.92 Å². The van der Waals surface area contributed by atoms with E-state index in [9.17, 15) is 0 Å². The number of hydrogen-bond donors (Lipinski definition) is 1. The molecule has 54 valence electrons. The van der Waals surface area contributed by atoms with Crippen LogP contribution in [-0.2, 0) is 4.84 Å². The van der Waals surface area contributed by atoms with Crippen molar-refractivity contribution in [1.29, 1.82) is 0 Å². The summed E-state index contributed by atoms with van der Waals surface area (Å²) < 4.78 is 0. The Morgan fingerprint density at radius 1 is 1.67 bits per heavy atom. The van der Waals surface area contributed by atoms with Gasteiger partial charge in [-0.3, -0.25) is 0 Å². The Hall–Kier alpha value is -0.830. The Morgan fingerprint density at radius 2 is 2.11 bits per heavy atom. The molecule has 3 nitrogen and oxygen atoms in total. The van der Waals surface area contributed by atoms with Crippen molar-refractivity contribution in [3.8, 4) is 0 Å². The standard InChI is InChI=1S/C4H8N2O.C2H6/c1-3-6-4(2)7-5;1-2/h3H,1,5H2,2H3;1-2H3. The lowest BCUT2D eigenvalue weighted by Gasteiger charge is -1.89. The molecule has 0 unspecified atom stereocenters. The van der Waals surface area contributed by atoms with Crippen LogP contribution in [0.2, 0.25) is 0 Å². The maximum Gasteiger partial charge on any atom is 0.210 e. The zero-order valence-corrected chi connectivity index (χ0v) is 6.22. The summed E-state index contributed by atoms with van der Waals surface area (Å²) >= 11 is 0. The highest BCUT2D eigenvalue weighted by Crippen LogP contribution is 1.73. The third kappa shape index (κ3) is 11.0. The van der Waals surface area contributed by atoms with Crippen molar-refractivity contribution in [2.45, 2.75) is 20.8 Å². The molecule has 0 saturated carbocycles. The molecule has 0 aliphatic heterocycles. The predicted molar refractivity (Wildman–Crippen MR) is 39.9 cm³/mol. The van der Waals surface area contributed by atoms with Gasteiger partial charge in [-0.15, -0.1) is 0 Å². The fraction of sp³-hybridized carbons (Fsp3) is 0.500. The smallest absolute Gasteiger partial charge is 0.210 e. The Labute approximate surface area is 56.2 Å². The Balaban J connectivity index is 0. The molecule has 0 rings (SSSR count). The van der Waals surface area contributed by atoms with Crippen molar-refractivity contribution in [1.82, 2.24) is 0 Å². The van der Waals surface area contributed by atoms with Gasteiger partial charge < -0.3 is 4.84 Å². The molecule has 0 spiro atoms. The van der Waals surface area contributed by atoms with Crippen molar-refractivity contribution < 1.29 is 4.84 Å². The summed E-state index contributed by atoms with van der Waals surface area (Å²) in [6.45, 7) is 8.97. The van der Waals surface area contributed by atoms with E-state index in [1.165, 1.54) is 6.20 Å². The van der Waals surface area contributed by atoms with Crippen LogP contribution < -0.4 is 5.90 Å². The van der Waals surface area contributed by atoms with Gasteiger partial charge in [0, 0.05) is 13.1 Å². The van der Waals surface area contributed by atoms with Crippen molar-refractivity contribution in [2.24, 2.45) is 10.9 Å². The number of nitrogens with two attached hydrogens (primary N) is 1. The SMILES string of the molecule is C=CN=C(C)ON.CC. The average Bonchev–Trinajstić information content (AvgIpc) is 1.93. The first-order valence-corrected chi connectivity index (χ1v) is 2.83. The molecule has 0 heterocycles. The predicted octanol–water partition coefficient (Wildman–Crippen LogP) is 1.46. The van der Waals surface area contributed by atoms with Gasteiger partial charge in [-0.2, -0.15) is 5.90 Å². The van der Waals surface area contributed by atoms with Gasteiger partial charge in [0.15, 0.2) is 0 Å². The Bertz CT molecular complexity index is 89.1. The molecule has 0 bridgehead atoms. The number of nitrogens with zero attached hydrogens (tertiary/aromatic N) is 1. The van der Waals surface area contributed by atoms with E-state index in [0.717, 1.165) is 0 Å². The topological polar surface area (TPSA) is 47.6 Å². The molecule has 0 amide bonds. The highest BCUT2D eigenvalue weighted by atomic mass is 16.6. The molecule has 0 aromatic rings. The lowest BCUT2D eigenvalue weighted by molar-refractivity contribution is 0.318. The first kappa shape index (κ1) is 11.0. The van der Waals surface area contributed by atoms with Crippen LogP contribution in [0.4, 0.5) is 0 Å². The van der Waals surface area contributed by atoms with Gasteiger partial charge in [-0.25, -0.2) is 4.99 Å². The van der Waals surface area contributed by atoms with Crippen LogP contribution in [0.5, 0.6) is 0 Å². The lowest BCUT2D eigenvalue weighted by Crippen LogP contribution is -2.04. The van der Waals surface area contributed by atoms with Gasteiger partial charge in [-0.05, 0) is 0 Å². The van der Waals surface area contributed by atoms with Gasteiger partial charge in [0.1, 0.15) is 0 Å². The first-order chi connectivity index (χ1) is 4.31. The summed E-state index contributed by atoms with van der Waals surface area (Å²) in [5.41, 5.74) is 0. The molecule has 2 N–H and O–H groups in total. The normalized spacial score (nSPS) is 9.11. The summed E-state index contributed by atoms with van der Waals surface area (Å²) in [6.07, 6.45) is 1.36. The molecular weight excluding hydrogens is 116 g/mol. The maximum atomic E-state index is 4.68. The van der Waals surface area contributed by atoms with E-state index in [2.05, 4.69) is 22.3 Å². The third-order valence-corrected chi connectivity index (χ3v) is 0.444. The van der Waals surface area contributed by atoms with Crippen LogP contribution in [0, 0.1) is 0 Å². The van der Waals surface area contributed by atoms with Crippen molar-refractivity contribution in [2.75, 3.05) is 0 Å². The molecular formula is C6H14N2O. The summed E-state index contributed by atoms with van der Waals surface area (Å²) in [6, 6.07) is 0. The summed E-state index contributed by atoms with van der Waals surface area (Å²) in [4.78, 5) is 7.75. The molecule has 3 heteroatoms. The number of rotatable bonds is 1. The quantitative estimate of drug-likeness (QED) is 0.332. The Kier molecular flexibility index (Phi) is 12.5. The molecule has 0 radical (unpaired) electrons. The van der Waals surface area contributed by atoms with Gasteiger partial charge in [0.25, 0.3) is 0 Å². The molecule has 0 aromatic carbocycles. The summed E-state index contributed by atoms with van der Waals surface area (Å²) in [7, 11) is 0. The van der Waals surface area contributed by atoms with E-state index >= 15 is 0 Å². The van der Waals surface area contributed by atoms with Crippen molar-refractivity contribution in [3.05, 3.63) is 12.8 Å². The average molecular weight is 130 g/mol. The zero-order chi connectivity index (χ0) is 7.70. The molecule has 0 atom stereocenters. The molecule has 0 aliphatic rings. The monoisotopic (exact) mass is 130 g/mol. The summed E-state index contributed by atoms with van der Waals surface area (Å²) in [5.74, 6) is 5.09. The number of aliphatic imine (C=N–C) groups is 1. The van der Waals surface area contributed by atoms with Gasteiger partial charge in [0.2, 0.25) is 5.90 Å². The fourth-order valence-electron chi connectivity index (χ4n) is 0.159. The van der Waals surface area contributed by atoms with E-state index in [4.69, 9.17) is 0 Å². The summed E-state index contributed by atoms with van der Waals surface area (Å²) in [5, 5.41) is 0.